The lowest BCUT2D eigenvalue weighted by Gasteiger charge is -2.40. The Labute approximate surface area is 353 Å². The molecule has 2 heterocycles. The Bertz CT molecular complexity index is 2680. The van der Waals surface area contributed by atoms with Crippen LogP contribution in [0.2, 0.25) is 0 Å². The molecule has 0 radical (unpaired) electrons. The van der Waals surface area contributed by atoms with Gasteiger partial charge in [0.15, 0.2) is 0 Å². The summed E-state index contributed by atoms with van der Waals surface area (Å²) >= 11 is 0. The molecular formula is C48H42O14. The second-order valence-corrected chi connectivity index (χ2v) is 16.5. The SMILES string of the molecule is OCC1OC(Oc2cc(O)c3c(c2)C2C(c4ccc(O)cc4)c4c(O)cc(O)cc4C4c5c(cc(O)cc5C2C3c2ccc(O)cc2)OC4c2ccc(O)cc2)C(O)C(O)C1O. The minimum Gasteiger partial charge on any atom is -0.508 e. The molecule has 11 unspecified atom stereocenters. The monoisotopic (exact) mass is 842 g/mol. The van der Waals surface area contributed by atoms with E-state index in [0.717, 1.165) is 0 Å². The Hall–Kier alpha value is -6.68. The first-order valence-electron chi connectivity index (χ1n) is 20.1. The van der Waals surface area contributed by atoms with Crippen molar-refractivity contribution in [2.75, 3.05) is 6.61 Å². The summed E-state index contributed by atoms with van der Waals surface area (Å²) in [4.78, 5) is 0. The predicted octanol–water partition coefficient (Wildman–Crippen LogP) is 5.23. The van der Waals surface area contributed by atoms with Gasteiger partial charge in [-0.15, -0.1) is 0 Å². The van der Waals surface area contributed by atoms with E-state index < -0.39 is 73.0 Å². The van der Waals surface area contributed by atoms with Gasteiger partial charge >= 0.3 is 0 Å². The molecule has 0 amide bonds. The molecule has 1 fully saturated rings. The number of aromatic hydroxyl groups is 7. The molecule has 6 aromatic rings. The van der Waals surface area contributed by atoms with Crippen LogP contribution in [0.1, 0.15) is 85.8 Å². The van der Waals surface area contributed by atoms with Crippen LogP contribution >= 0.6 is 0 Å². The Morgan fingerprint density at radius 2 is 0.968 bits per heavy atom. The zero-order valence-electron chi connectivity index (χ0n) is 32.6. The number of aliphatic hydroxyl groups excluding tert-OH is 4. The molecule has 0 spiro atoms. The Kier molecular flexibility index (Phi) is 9.39. The number of phenolic OH excluding ortho intramolecular Hbond substituents is 7. The van der Waals surface area contributed by atoms with Gasteiger partial charge in [-0.05, 0) is 88.0 Å². The molecule has 1 saturated heterocycles. The van der Waals surface area contributed by atoms with Gasteiger partial charge in [-0.2, -0.15) is 0 Å². The molecule has 11 atom stereocenters. The Morgan fingerprint density at radius 1 is 0.468 bits per heavy atom. The number of rotatable bonds is 6. The van der Waals surface area contributed by atoms with Gasteiger partial charge < -0.3 is 70.4 Å². The van der Waals surface area contributed by atoms with Crippen molar-refractivity contribution in [1.82, 2.24) is 0 Å². The van der Waals surface area contributed by atoms with Gasteiger partial charge in [0.05, 0.1) is 12.5 Å². The lowest BCUT2D eigenvalue weighted by molar-refractivity contribution is -0.277. The van der Waals surface area contributed by atoms with Crippen molar-refractivity contribution < 1.29 is 70.4 Å². The number of ether oxygens (including phenoxy) is 3. The highest BCUT2D eigenvalue weighted by Crippen LogP contribution is 2.69. The van der Waals surface area contributed by atoms with E-state index in [1.807, 2.05) is 0 Å². The summed E-state index contributed by atoms with van der Waals surface area (Å²) in [7, 11) is 0. The Balaban J connectivity index is 1.28. The maximum atomic E-state index is 12.3. The van der Waals surface area contributed by atoms with E-state index in [1.165, 1.54) is 54.6 Å². The highest BCUT2D eigenvalue weighted by Gasteiger charge is 2.55. The van der Waals surface area contributed by atoms with E-state index >= 15 is 0 Å². The van der Waals surface area contributed by atoms with Crippen LogP contribution in [-0.2, 0) is 4.74 Å². The molecule has 10 rings (SSSR count). The molecule has 0 saturated carbocycles. The third-order valence-corrected chi connectivity index (χ3v) is 13.0. The van der Waals surface area contributed by atoms with Gasteiger partial charge in [-0.3, -0.25) is 0 Å². The lowest BCUT2D eigenvalue weighted by Crippen LogP contribution is -2.60. The second kappa shape index (κ2) is 14.8. The van der Waals surface area contributed by atoms with Gasteiger partial charge in [0.2, 0.25) is 6.29 Å². The van der Waals surface area contributed by atoms with Crippen LogP contribution < -0.4 is 9.47 Å². The summed E-state index contributed by atoms with van der Waals surface area (Å²) < 4.78 is 18.6. The third-order valence-electron chi connectivity index (χ3n) is 13.0. The molecule has 2 aliphatic heterocycles. The molecule has 11 N–H and O–H groups in total. The zero-order chi connectivity index (χ0) is 43.3. The van der Waals surface area contributed by atoms with E-state index in [1.54, 1.807) is 54.6 Å². The molecule has 14 heteroatoms. The summed E-state index contributed by atoms with van der Waals surface area (Å²) in [6.07, 6.45) is -8.84. The number of fused-ring (bicyclic) bond motifs is 6. The second-order valence-electron chi connectivity index (χ2n) is 16.5. The molecule has 14 nitrogen and oxygen atoms in total. The first-order chi connectivity index (χ1) is 29.8. The average molecular weight is 843 g/mol. The summed E-state index contributed by atoms with van der Waals surface area (Å²) in [5.41, 5.74) is 4.98. The van der Waals surface area contributed by atoms with Gasteiger partial charge in [0.25, 0.3) is 0 Å². The fourth-order valence-corrected chi connectivity index (χ4v) is 10.4. The molecule has 0 bridgehead atoms. The van der Waals surface area contributed by atoms with Crippen LogP contribution in [0.3, 0.4) is 0 Å². The fourth-order valence-electron chi connectivity index (χ4n) is 10.4. The summed E-state index contributed by atoms with van der Waals surface area (Å²) in [6.45, 7) is -0.697. The van der Waals surface area contributed by atoms with Crippen molar-refractivity contribution in [3.8, 4) is 51.7 Å². The van der Waals surface area contributed by atoms with E-state index in [4.69, 9.17) is 14.2 Å². The standard InChI is InChI=1S/C48H42O14/c49-19-35-44(57)45(58)46(59)48(62-35)60-28-17-31-39(33(56)18-28)37(21-3-9-24(51)10-4-21)41-30-14-27(54)16-34-40(30)43(47(61-34)22-5-11-25(52)12-6-22)29-13-26(53)15-32(55)38(29)36(42(31)41)20-1-7-23(50)8-2-20/h1-18,35-37,41-59H,19H2. The largest absolute Gasteiger partial charge is 0.508 e. The maximum absolute atomic E-state index is 12.3. The Morgan fingerprint density at radius 3 is 1.55 bits per heavy atom. The molecular weight excluding hydrogens is 801 g/mol. The van der Waals surface area contributed by atoms with E-state index in [2.05, 4.69) is 0 Å². The third kappa shape index (κ3) is 6.21. The van der Waals surface area contributed by atoms with Crippen molar-refractivity contribution in [2.45, 2.75) is 66.4 Å². The lowest BCUT2D eigenvalue weighted by atomic mass is 9.63. The number of hydrogen-bond donors (Lipinski definition) is 11. The van der Waals surface area contributed by atoms with Gasteiger partial charge in [0.1, 0.15) is 82.3 Å². The van der Waals surface area contributed by atoms with Crippen LogP contribution in [0, 0.1) is 0 Å². The first kappa shape index (κ1) is 39.5. The van der Waals surface area contributed by atoms with Crippen molar-refractivity contribution in [3.63, 3.8) is 0 Å². The van der Waals surface area contributed by atoms with Crippen LogP contribution in [0.25, 0.3) is 0 Å². The van der Waals surface area contributed by atoms with Gasteiger partial charge in [0, 0.05) is 58.6 Å². The maximum Gasteiger partial charge on any atom is 0.229 e. The fraction of sp³-hybridized carbons (Fsp3) is 0.250. The molecule has 6 aromatic carbocycles. The quantitative estimate of drug-likeness (QED) is 0.103. The summed E-state index contributed by atoms with van der Waals surface area (Å²) in [6, 6.07) is 28.4. The van der Waals surface area contributed by atoms with Crippen molar-refractivity contribution >= 4 is 0 Å². The molecule has 62 heavy (non-hydrogen) atoms. The van der Waals surface area contributed by atoms with Gasteiger partial charge in [-0.1, -0.05) is 36.4 Å². The minimum absolute atomic E-state index is 0.00207. The van der Waals surface area contributed by atoms with Crippen LogP contribution in [-0.4, -0.2) is 93.5 Å². The van der Waals surface area contributed by atoms with Crippen LogP contribution in [0.15, 0.2) is 109 Å². The zero-order valence-corrected chi connectivity index (χ0v) is 32.6. The van der Waals surface area contributed by atoms with Crippen LogP contribution in [0.4, 0.5) is 0 Å². The smallest absolute Gasteiger partial charge is 0.229 e. The molecule has 318 valence electrons. The molecule has 2 aliphatic carbocycles. The number of aliphatic hydroxyl groups is 4. The molecule has 4 aliphatic rings. The highest BCUT2D eigenvalue weighted by atomic mass is 16.7. The normalized spacial score (nSPS) is 28.1. The summed E-state index contributed by atoms with van der Waals surface area (Å²) in [5, 5.41) is 121. The number of hydrogen-bond acceptors (Lipinski definition) is 14. The first-order valence-corrected chi connectivity index (χ1v) is 20.1. The van der Waals surface area contributed by atoms with Crippen molar-refractivity contribution in [3.05, 3.63) is 159 Å². The van der Waals surface area contributed by atoms with Crippen molar-refractivity contribution in [1.29, 1.82) is 0 Å². The van der Waals surface area contributed by atoms with E-state index in [9.17, 15) is 56.2 Å². The predicted molar refractivity (Wildman–Crippen MR) is 219 cm³/mol. The highest BCUT2D eigenvalue weighted by molar-refractivity contribution is 5.69. The number of phenols is 7. The topological polar surface area (TPSA) is 250 Å². The minimum atomic E-state index is -1.77. The van der Waals surface area contributed by atoms with Crippen LogP contribution in [0.5, 0.6) is 51.7 Å². The average Bonchev–Trinajstić information content (AvgIpc) is 3.78. The van der Waals surface area contributed by atoms with Gasteiger partial charge in [-0.25, -0.2) is 0 Å². The number of benzene rings is 6. The van der Waals surface area contributed by atoms with E-state index in [-0.39, 0.29) is 46.0 Å². The molecule has 0 aromatic heterocycles. The summed E-state index contributed by atoms with van der Waals surface area (Å²) in [5.74, 6) is -4.37. The van der Waals surface area contributed by atoms with E-state index in [0.29, 0.717) is 55.8 Å². The van der Waals surface area contributed by atoms with Crippen molar-refractivity contribution in [2.24, 2.45) is 0 Å².